The second kappa shape index (κ2) is 6.95. The van der Waals surface area contributed by atoms with Gasteiger partial charge in [0.25, 0.3) is 5.91 Å². The molecule has 3 aromatic rings. The van der Waals surface area contributed by atoms with Gasteiger partial charge in [-0.3, -0.25) is 9.78 Å². The zero-order valence-corrected chi connectivity index (χ0v) is 13.2. The fourth-order valence-electron chi connectivity index (χ4n) is 2.27. The molecule has 0 atom stereocenters. The highest BCUT2D eigenvalue weighted by molar-refractivity contribution is 6.04. The molecule has 0 saturated heterocycles. The van der Waals surface area contributed by atoms with Gasteiger partial charge in [-0.15, -0.1) is 0 Å². The second-order valence-electron chi connectivity index (χ2n) is 5.47. The molecule has 2 aromatic carbocycles. The Morgan fingerprint density at radius 1 is 0.885 bits per heavy atom. The summed E-state index contributed by atoms with van der Waals surface area (Å²) >= 11 is 0. The van der Waals surface area contributed by atoms with Gasteiger partial charge in [0.05, 0.1) is 16.8 Å². The van der Waals surface area contributed by atoms with Crippen LogP contribution >= 0.6 is 0 Å². The number of halogens is 4. The molecule has 132 valence electrons. The highest BCUT2D eigenvalue weighted by Crippen LogP contribution is 2.29. The predicted octanol–water partition coefficient (Wildman–Crippen LogP) is 5.16. The number of benzene rings is 2. The zero-order valence-electron chi connectivity index (χ0n) is 13.2. The molecule has 3 nitrogen and oxygen atoms in total. The van der Waals surface area contributed by atoms with Crippen LogP contribution in [0.25, 0.3) is 11.3 Å². The number of pyridine rings is 1. The number of hydrogen-bond donors (Lipinski definition) is 1. The predicted molar refractivity (Wildman–Crippen MR) is 89.0 cm³/mol. The highest BCUT2D eigenvalue weighted by Gasteiger charge is 2.30. The third kappa shape index (κ3) is 4.05. The minimum Gasteiger partial charge on any atom is -0.322 e. The molecule has 0 unspecified atom stereocenters. The molecule has 0 radical (unpaired) electrons. The van der Waals surface area contributed by atoms with Gasteiger partial charge in [-0.1, -0.05) is 0 Å². The summed E-state index contributed by atoms with van der Waals surface area (Å²) in [5, 5.41) is 2.51. The summed E-state index contributed by atoms with van der Waals surface area (Å²) in [6.45, 7) is 0. The zero-order chi connectivity index (χ0) is 18.7. The lowest BCUT2D eigenvalue weighted by Crippen LogP contribution is -2.12. The van der Waals surface area contributed by atoms with Gasteiger partial charge in [0.15, 0.2) is 0 Å². The summed E-state index contributed by atoms with van der Waals surface area (Å²) in [6, 6.07) is 13.0. The smallest absolute Gasteiger partial charge is 0.322 e. The number of nitrogens with one attached hydrogen (secondary N) is 1. The molecule has 0 saturated carbocycles. The quantitative estimate of drug-likeness (QED) is 0.656. The number of hydrogen-bond acceptors (Lipinski definition) is 2. The SMILES string of the molecule is O=C(Nc1ccc(C(F)(F)F)cc1)c1ccc(-c2ccc(F)cc2)nc1. The minimum atomic E-state index is -4.43. The molecular formula is C19H12F4N2O. The molecule has 1 amide bonds. The molecular weight excluding hydrogens is 348 g/mol. The van der Waals surface area contributed by atoms with Crippen molar-refractivity contribution in [3.63, 3.8) is 0 Å². The molecule has 3 rings (SSSR count). The van der Waals surface area contributed by atoms with Crippen molar-refractivity contribution >= 4 is 11.6 Å². The summed E-state index contributed by atoms with van der Waals surface area (Å²) < 4.78 is 50.5. The summed E-state index contributed by atoms with van der Waals surface area (Å²) in [5.41, 5.74) is 0.958. The lowest BCUT2D eigenvalue weighted by molar-refractivity contribution is -0.137. The van der Waals surface area contributed by atoms with E-state index in [1.54, 1.807) is 18.2 Å². The average molecular weight is 360 g/mol. The Morgan fingerprint density at radius 2 is 1.54 bits per heavy atom. The van der Waals surface area contributed by atoms with E-state index in [4.69, 9.17) is 0 Å². The molecule has 0 aliphatic rings. The van der Waals surface area contributed by atoms with Crippen molar-refractivity contribution < 1.29 is 22.4 Å². The number of carbonyl (C=O) groups excluding carboxylic acids is 1. The molecule has 0 aliphatic heterocycles. The molecule has 0 bridgehead atoms. The number of aromatic nitrogens is 1. The van der Waals surface area contributed by atoms with Gasteiger partial charge in [0, 0.05) is 17.4 Å². The third-order valence-electron chi connectivity index (χ3n) is 3.64. The maximum Gasteiger partial charge on any atom is 0.416 e. The fourth-order valence-corrected chi connectivity index (χ4v) is 2.27. The average Bonchev–Trinajstić information content (AvgIpc) is 2.62. The van der Waals surface area contributed by atoms with Crippen molar-refractivity contribution in [3.05, 3.63) is 83.8 Å². The van der Waals surface area contributed by atoms with E-state index < -0.39 is 17.6 Å². The van der Waals surface area contributed by atoms with Crippen molar-refractivity contribution in [2.24, 2.45) is 0 Å². The van der Waals surface area contributed by atoms with Gasteiger partial charge in [0.1, 0.15) is 5.82 Å². The Balaban J connectivity index is 1.71. The Morgan fingerprint density at radius 3 is 2.08 bits per heavy atom. The monoisotopic (exact) mass is 360 g/mol. The van der Waals surface area contributed by atoms with Crippen LogP contribution in [0.4, 0.5) is 23.2 Å². The first-order chi connectivity index (χ1) is 12.3. The number of nitrogens with zero attached hydrogens (tertiary/aromatic N) is 1. The first-order valence-electron chi connectivity index (χ1n) is 7.53. The molecule has 1 heterocycles. The van der Waals surface area contributed by atoms with Gasteiger partial charge in [0.2, 0.25) is 0 Å². The molecule has 0 aliphatic carbocycles. The Hall–Kier alpha value is -3.22. The van der Waals surface area contributed by atoms with Gasteiger partial charge >= 0.3 is 6.18 Å². The van der Waals surface area contributed by atoms with E-state index >= 15 is 0 Å². The van der Waals surface area contributed by atoms with Crippen LogP contribution < -0.4 is 5.32 Å². The van der Waals surface area contributed by atoms with Crippen LogP contribution in [0, 0.1) is 5.82 Å². The normalized spacial score (nSPS) is 11.2. The summed E-state index contributed by atoms with van der Waals surface area (Å²) in [6.07, 6.45) is -3.08. The Bertz CT molecular complexity index is 902. The molecule has 1 N–H and O–H groups in total. The van der Waals surface area contributed by atoms with Crippen molar-refractivity contribution in [2.75, 3.05) is 5.32 Å². The topological polar surface area (TPSA) is 42.0 Å². The van der Waals surface area contributed by atoms with E-state index in [9.17, 15) is 22.4 Å². The largest absolute Gasteiger partial charge is 0.416 e. The van der Waals surface area contributed by atoms with Crippen LogP contribution in [0.2, 0.25) is 0 Å². The van der Waals surface area contributed by atoms with E-state index in [-0.39, 0.29) is 17.1 Å². The maximum atomic E-state index is 12.9. The number of rotatable bonds is 3. The first kappa shape index (κ1) is 17.6. The second-order valence-corrected chi connectivity index (χ2v) is 5.47. The van der Waals surface area contributed by atoms with E-state index in [1.807, 2.05) is 0 Å². The van der Waals surface area contributed by atoms with Crippen molar-refractivity contribution in [2.45, 2.75) is 6.18 Å². The first-order valence-corrected chi connectivity index (χ1v) is 7.53. The molecule has 0 spiro atoms. The molecule has 0 fully saturated rings. The lowest BCUT2D eigenvalue weighted by atomic mass is 10.1. The van der Waals surface area contributed by atoms with Crippen molar-refractivity contribution in [1.29, 1.82) is 0 Å². The standard InChI is InChI=1S/C19H12F4N2O/c20-15-6-1-12(2-7-15)17-10-3-13(11-24-17)18(26)25-16-8-4-14(5-9-16)19(21,22)23/h1-11H,(H,25,26). The van der Waals surface area contributed by atoms with Gasteiger partial charge in [-0.05, 0) is 60.7 Å². The maximum absolute atomic E-state index is 12.9. The van der Waals surface area contributed by atoms with E-state index in [2.05, 4.69) is 10.3 Å². The van der Waals surface area contributed by atoms with E-state index in [0.717, 1.165) is 12.1 Å². The van der Waals surface area contributed by atoms with Crippen molar-refractivity contribution in [1.82, 2.24) is 4.98 Å². The van der Waals surface area contributed by atoms with Crippen molar-refractivity contribution in [3.8, 4) is 11.3 Å². The minimum absolute atomic E-state index is 0.241. The van der Waals surface area contributed by atoms with E-state index in [0.29, 0.717) is 11.3 Å². The summed E-state index contributed by atoms with van der Waals surface area (Å²) in [4.78, 5) is 16.3. The fraction of sp³-hybridized carbons (Fsp3) is 0.0526. The lowest BCUT2D eigenvalue weighted by Gasteiger charge is -2.09. The van der Waals surface area contributed by atoms with Crippen LogP contribution in [0.3, 0.4) is 0 Å². The third-order valence-corrected chi connectivity index (χ3v) is 3.64. The highest BCUT2D eigenvalue weighted by atomic mass is 19.4. The molecule has 26 heavy (non-hydrogen) atoms. The molecule has 7 heteroatoms. The van der Waals surface area contributed by atoms with Gasteiger partial charge in [-0.25, -0.2) is 4.39 Å². The number of anilines is 1. The van der Waals surface area contributed by atoms with Crippen LogP contribution in [0.1, 0.15) is 15.9 Å². The number of alkyl halides is 3. The number of carbonyl (C=O) groups is 1. The van der Waals surface area contributed by atoms with Crippen LogP contribution in [0.5, 0.6) is 0 Å². The summed E-state index contributed by atoms with van der Waals surface area (Å²) in [7, 11) is 0. The van der Waals surface area contributed by atoms with Crippen LogP contribution in [0.15, 0.2) is 66.9 Å². The Kier molecular flexibility index (Phi) is 4.71. The van der Waals surface area contributed by atoms with Gasteiger partial charge in [-0.2, -0.15) is 13.2 Å². The van der Waals surface area contributed by atoms with Crippen LogP contribution in [-0.2, 0) is 6.18 Å². The molecule has 1 aromatic heterocycles. The van der Waals surface area contributed by atoms with Gasteiger partial charge < -0.3 is 5.32 Å². The van der Waals surface area contributed by atoms with Crippen LogP contribution in [-0.4, -0.2) is 10.9 Å². The summed E-state index contributed by atoms with van der Waals surface area (Å²) in [5.74, 6) is -0.857. The Labute approximate surface area is 146 Å². The number of amides is 1. The van der Waals surface area contributed by atoms with E-state index in [1.165, 1.54) is 36.5 Å².